The summed E-state index contributed by atoms with van der Waals surface area (Å²) in [5, 5.41) is 3.12. The van der Waals surface area contributed by atoms with E-state index in [-0.39, 0.29) is 11.4 Å². The molecule has 1 atom stereocenters. The highest BCUT2D eigenvalue weighted by atomic mass is 19.1. The second-order valence-corrected chi connectivity index (χ2v) is 3.72. The summed E-state index contributed by atoms with van der Waals surface area (Å²) in [6.45, 7) is 4.50. The Bertz CT molecular complexity index is 295. The minimum atomic E-state index is -0.236. The normalized spacial score (nSPS) is 14.9. The summed E-state index contributed by atoms with van der Waals surface area (Å²) in [5.74, 6) is -0.236. The number of anilines is 1. The SMILES string of the molecule is CCC(C)(CN)Nc1ccccc1F. The van der Waals surface area contributed by atoms with Gasteiger partial charge in [0.25, 0.3) is 0 Å². The molecule has 1 aromatic rings. The van der Waals surface area contributed by atoms with Crippen molar-refractivity contribution in [1.29, 1.82) is 0 Å². The van der Waals surface area contributed by atoms with Crippen molar-refractivity contribution in [3.05, 3.63) is 30.1 Å². The Morgan fingerprint density at radius 3 is 2.57 bits per heavy atom. The van der Waals surface area contributed by atoms with Gasteiger partial charge in [-0.05, 0) is 25.5 Å². The molecule has 78 valence electrons. The van der Waals surface area contributed by atoms with E-state index >= 15 is 0 Å². The second kappa shape index (κ2) is 4.42. The van der Waals surface area contributed by atoms with Crippen molar-refractivity contribution in [3.63, 3.8) is 0 Å². The summed E-state index contributed by atoms with van der Waals surface area (Å²) >= 11 is 0. The van der Waals surface area contributed by atoms with E-state index in [9.17, 15) is 4.39 Å². The molecule has 0 spiro atoms. The molecule has 14 heavy (non-hydrogen) atoms. The molecule has 0 aliphatic heterocycles. The van der Waals surface area contributed by atoms with Gasteiger partial charge in [-0.25, -0.2) is 4.39 Å². The van der Waals surface area contributed by atoms with Gasteiger partial charge in [0.05, 0.1) is 5.69 Å². The van der Waals surface area contributed by atoms with Crippen LogP contribution in [0.1, 0.15) is 20.3 Å². The Morgan fingerprint density at radius 1 is 1.43 bits per heavy atom. The van der Waals surface area contributed by atoms with Gasteiger partial charge in [0, 0.05) is 12.1 Å². The summed E-state index contributed by atoms with van der Waals surface area (Å²) in [5.41, 5.74) is 5.91. The third-order valence-corrected chi connectivity index (χ3v) is 2.54. The van der Waals surface area contributed by atoms with Crippen molar-refractivity contribution in [2.45, 2.75) is 25.8 Å². The third-order valence-electron chi connectivity index (χ3n) is 2.54. The average Bonchev–Trinajstić information content (AvgIpc) is 2.21. The fourth-order valence-electron chi connectivity index (χ4n) is 1.17. The molecule has 0 aliphatic rings. The van der Waals surface area contributed by atoms with Crippen LogP contribution >= 0.6 is 0 Å². The van der Waals surface area contributed by atoms with E-state index in [2.05, 4.69) is 5.32 Å². The molecule has 0 saturated carbocycles. The Labute approximate surface area is 84.3 Å². The first-order valence-corrected chi connectivity index (χ1v) is 4.84. The molecule has 3 heteroatoms. The first kappa shape index (κ1) is 11.0. The van der Waals surface area contributed by atoms with Gasteiger partial charge in [0.15, 0.2) is 0 Å². The molecule has 1 aromatic carbocycles. The van der Waals surface area contributed by atoms with Crippen molar-refractivity contribution in [2.24, 2.45) is 5.73 Å². The molecular formula is C11H17FN2. The second-order valence-electron chi connectivity index (χ2n) is 3.72. The Morgan fingerprint density at radius 2 is 2.07 bits per heavy atom. The summed E-state index contributed by atoms with van der Waals surface area (Å²) in [6.07, 6.45) is 0.859. The fraction of sp³-hybridized carbons (Fsp3) is 0.455. The van der Waals surface area contributed by atoms with Crippen LogP contribution in [0.25, 0.3) is 0 Å². The van der Waals surface area contributed by atoms with E-state index in [1.807, 2.05) is 13.8 Å². The van der Waals surface area contributed by atoms with Crippen molar-refractivity contribution < 1.29 is 4.39 Å². The number of halogens is 1. The highest BCUT2D eigenvalue weighted by Crippen LogP contribution is 2.19. The lowest BCUT2D eigenvalue weighted by Gasteiger charge is -2.29. The lowest BCUT2D eigenvalue weighted by molar-refractivity contribution is 0.500. The van der Waals surface area contributed by atoms with Gasteiger partial charge < -0.3 is 11.1 Å². The Hall–Kier alpha value is -1.09. The van der Waals surface area contributed by atoms with Crippen LogP contribution in [0, 0.1) is 5.82 Å². The first-order valence-electron chi connectivity index (χ1n) is 4.84. The quantitative estimate of drug-likeness (QED) is 0.775. The minimum Gasteiger partial charge on any atom is -0.376 e. The molecule has 0 bridgehead atoms. The molecule has 3 N–H and O–H groups in total. The highest BCUT2D eigenvalue weighted by molar-refractivity contribution is 5.46. The molecule has 0 aliphatic carbocycles. The number of benzene rings is 1. The molecule has 0 radical (unpaired) electrons. The minimum absolute atomic E-state index is 0.234. The van der Waals surface area contributed by atoms with Gasteiger partial charge in [-0.15, -0.1) is 0 Å². The fourth-order valence-corrected chi connectivity index (χ4v) is 1.17. The summed E-state index contributed by atoms with van der Waals surface area (Å²) in [7, 11) is 0. The van der Waals surface area contributed by atoms with E-state index in [4.69, 9.17) is 5.73 Å². The van der Waals surface area contributed by atoms with Crippen LogP contribution in [-0.4, -0.2) is 12.1 Å². The van der Waals surface area contributed by atoms with Crippen LogP contribution in [-0.2, 0) is 0 Å². The molecule has 1 rings (SSSR count). The predicted molar refractivity (Wildman–Crippen MR) is 57.8 cm³/mol. The molecule has 1 unspecified atom stereocenters. The number of para-hydroxylation sites is 1. The molecule has 0 saturated heterocycles. The van der Waals surface area contributed by atoms with Crippen LogP contribution < -0.4 is 11.1 Å². The third kappa shape index (κ3) is 2.45. The lowest BCUT2D eigenvalue weighted by Crippen LogP contribution is -2.42. The summed E-state index contributed by atoms with van der Waals surface area (Å²) in [4.78, 5) is 0. The predicted octanol–water partition coefficient (Wildman–Crippen LogP) is 2.37. The van der Waals surface area contributed by atoms with Gasteiger partial charge in [0.1, 0.15) is 5.82 Å². The zero-order valence-electron chi connectivity index (χ0n) is 8.68. The molecule has 0 aromatic heterocycles. The molecular weight excluding hydrogens is 179 g/mol. The number of hydrogen-bond acceptors (Lipinski definition) is 2. The largest absolute Gasteiger partial charge is 0.376 e. The lowest BCUT2D eigenvalue weighted by atomic mass is 9.99. The number of nitrogens with two attached hydrogens (primary N) is 1. The van der Waals surface area contributed by atoms with Crippen molar-refractivity contribution >= 4 is 5.69 Å². The summed E-state index contributed by atoms with van der Waals surface area (Å²) < 4.78 is 13.3. The van der Waals surface area contributed by atoms with Crippen LogP contribution in [0.3, 0.4) is 0 Å². The maximum Gasteiger partial charge on any atom is 0.146 e. The average molecular weight is 196 g/mol. The smallest absolute Gasteiger partial charge is 0.146 e. The molecule has 0 amide bonds. The topological polar surface area (TPSA) is 38.0 Å². The standard InChI is InChI=1S/C11H17FN2/c1-3-11(2,8-13)14-10-7-5-4-6-9(10)12/h4-7,14H,3,8,13H2,1-2H3. The van der Waals surface area contributed by atoms with Crippen molar-refractivity contribution in [3.8, 4) is 0 Å². The van der Waals surface area contributed by atoms with Crippen molar-refractivity contribution in [2.75, 3.05) is 11.9 Å². The van der Waals surface area contributed by atoms with Crippen LogP contribution in [0.5, 0.6) is 0 Å². The van der Waals surface area contributed by atoms with Crippen LogP contribution in [0.15, 0.2) is 24.3 Å². The molecule has 0 fully saturated rings. The molecule has 2 nitrogen and oxygen atoms in total. The van der Waals surface area contributed by atoms with Gasteiger partial charge in [-0.2, -0.15) is 0 Å². The zero-order valence-corrected chi connectivity index (χ0v) is 8.68. The van der Waals surface area contributed by atoms with Crippen molar-refractivity contribution in [1.82, 2.24) is 0 Å². The van der Waals surface area contributed by atoms with Crippen LogP contribution in [0.4, 0.5) is 10.1 Å². The van der Waals surface area contributed by atoms with Crippen LogP contribution in [0.2, 0.25) is 0 Å². The van der Waals surface area contributed by atoms with E-state index in [1.165, 1.54) is 6.07 Å². The number of hydrogen-bond donors (Lipinski definition) is 2. The first-order chi connectivity index (χ1) is 6.61. The Kier molecular flexibility index (Phi) is 3.47. The number of rotatable bonds is 4. The van der Waals surface area contributed by atoms with Gasteiger partial charge in [-0.3, -0.25) is 0 Å². The Balaban J connectivity index is 2.82. The molecule has 0 heterocycles. The van der Waals surface area contributed by atoms with E-state index < -0.39 is 0 Å². The monoisotopic (exact) mass is 196 g/mol. The number of nitrogens with one attached hydrogen (secondary N) is 1. The van der Waals surface area contributed by atoms with E-state index in [1.54, 1.807) is 18.2 Å². The zero-order chi connectivity index (χ0) is 10.6. The van der Waals surface area contributed by atoms with Gasteiger partial charge in [-0.1, -0.05) is 19.1 Å². The maximum absolute atomic E-state index is 13.3. The van der Waals surface area contributed by atoms with E-state index in [0.717, 1.165) is 6.42 Å². The van der Waals surface area contributed by atoms with Gasteiger partial charge >= 0.3 is 0 Å². The maximum atomic E-state index is 13.3. The van der Waals surface area contributed by atoms with Gasteiger partial charge in [0.2, 0.25) is 0 Å². The highest BCUT2D eigenvalue weighted by Gasteiger charge is 2.20. The summed E-state index contributed by atoms with van der Waals surface area (Å²) in [6, 6.07) is 6.64. The van der Waals surface area contributed by atoms with E-state index in [0.29, 0.717) is 12.2 Å².